The van der Waals surface area contributed by atoms with Gasteiger partial charge in [0.15, 0.2) is 11.5 Å². The number of nitro groups is 1. The highest BCUT2D eigenvalue weighted by Gasteiger charge is 2.22. The first-order valence-electron chi connectivity index (χ1n) is 6.89. The van der Waals surface area contributed by atoms with E-state index in [1.54, 1.807) is 11.8 Å². The molecule has 1 aliphatic heterocycles. The molecule has 0 bridgehead atoms. The van der Waals surface area contributed by atoms with Crippen LogP contribution < -0.4 is 9.47 Å². The minimum atomic E-state index is -0.271. The second-order valence-corrected chi connectivity index (χ2v) is 6.10. The lowest BCUT2D eigenvalue weighted by Gasteiger charge is -2.13. The monoisotopic (exact) mass is 317 g/mol. The maximum absolute atomic E-state index is 11.0. The van der Waals surface area contributed by atoms with Crippen molar-refractivity contribution in [2.45, 2.75) is 11.0 Å². The van der Waals surface area contributed by atoms with Crippen LogP contribution in [0.4, 0.5) is 0 Å². The van der Waals surface area contributed by atoms with E-state index in [1.807, 2.05) is 48.5 Å². The molecule has 0 aliphatic carbocycles. The van der Waals surface area contributed by atoms with E-state index in [2.05, 4.69) is 0 Å². The van der Waals surface area contributed by atoms with Crippen molar-refractivity contribution in [3.05, 3.63) is 69.8 Å². The summed E-state index contributed by atoms with van der Waals surface area (Å²) in [5.74, 6) is 2.08. The van der Waals surface area contributed by atoms with Crippen LogP contribution in [0.5, 0.6) is 11.5 Å². The van der Waals surface area contributed by atoms with Crippen LogP contribution in [0.2, 0.25) is 0 Å². The maximum atomic E-state index is 11.0. The number of fused-ring (bicyclic) bond motifs is 1. The molecular formula is C16H15NO4S. The molecule has 6 heteroatoms. The van der Waals surface area contributed by atoms with Crippen molar-refractivity contribution in [1.82, 2.24) is 0 Å². The Morgan fingerprint density at radius 2 is 1.91 bits per heavy atom. The molecule has 0 amide bonds. The van der Waals surface area contributed by atoms with Crippen molar-refractivity contribution in [3.63, 3.8) is 0 Å². The quantitative estimate of drug-likeness (QED) is 0.601. The number of hydrogen-bond acceptors (Lipinski definition) is 5. The zero-order chi connectivity index (χ0) is 15.4. The third-order valence-electron chi connectivity index (χ3n) is 3.38. The largest absolute Gasteiger partial charge is 0.454 e. The molecule has 5 nitrogen and oxygen atoms in total. The van der Waals surface area contributed by atoms with Crippen molar-refractivity contribution in [3.8, 4) is 11.5 Å². The van der Waals surface area contributed by atoms with Crippen LogP contribution in [0.1, 0.15) is 16.4 Å². The summed E-state index contributed by atoms with van der Waals surface area (Å²) in [6, 6.07) is 15.5. The van der Waals surface area contributed by atoms with Gasteiger partial charge < -0.3 is 9.47 Å². The fourth-order valence-electron chi connectivity index (χ4n) is 2.27. The number of nitrogens with zero attached hydrogens (tertiary/aromatic N) is 1. The molecule has 0 radical (unpaired) electrons. The van der Waals surface area contributed by atoms with Crippen LogP contribution in [0.3, 0.4) is 0 Å². The molecule has 0 saturated heterocycles. The molecule has 0 N–H and O–H groups in total. The molecule has 3 rings (SSSR count). The summed E-state index contributed by atoms with van der Waals surface area (Å²) in [7, 11) is 0. The Morgan fingerprint density at radius 1 is 1.14 bits per heavy atom. The van der Waals surface area contributed by atoms with Gasteiger partial charge in [0.25, 0.3) is 0 Å². The Hall–Kier alpha value is -2.21. The Bertz CT molecular complexity index is 662. The van der Waals surface area contributed by atoms with Gasteiger partial charge in [0, 0.05) is 10.7 Å². The van der Waals surface area contributed by atoms with Crippen molar-refractivity contribution < 1.29 is 14.4 Å². The number of benzene rings is 2. The van der Waals surface area contributed by atoms with E-state index in [-0.39, 0.29) is 23.5 Å². The van der Waals surface area contributed by atoms with Crippen molar-refractivity contribution in [2.24, 2.45) is 0 Å². The van der Waals surface area contributed by atoms with Gasteiger partial charge in [-0.1, -0.05) is 36.4 Å². The van der Waals surface area contributed by atoms with Gasteiger partial charge in [-0.2, -0.15) is 0 Å². The normalized spacial score (nSPS) is 13.8. The lowest BCUT2D eigenvalue weighted by molar-refractivity contribution is -0.479. The van der Waals surface area contributed by atoms with Crippen LogP contribution in [0.15, 0.2) is 48.5 Å². The molecule has 0 unspecified atom stereocenters. The van der Waals surface area contributed by atoms with Crippen molar-refractivity contribution in [2.75, 3.05) is 13.3 Å². The van der Waals surface area contributed by atoms with E-state index < -0.39 is 0 Å². The van der Waals surface area contributed by atoms with Gasteiger partial charge in [0.05, 0.1) is 5.25 Å². The third kappa shape index (κ3) is 3.51. The van der Waals surface area contributed by atoms with Crippen molar-refractivity contribution >= 4 is 11.8 Å². The summed E-state index contributed by atoms with van der Waals surface area (Å²) < 4.78 is 10.6. The molecule has 114 valence electrons. The smallest absolute Gasteiger partial charge is 0.231 e. The zero-order valence-electron chi connectivity index (χ0n) is 11.8. The number of ether oxygens (including phenoxy) is 2. The topological polar surface area (TPSA) is 61.6 Å². The first-order valence-corrected chi connectivity index (χ1v) is 7.94. The van der Waals surface area contributed by atoms with Gasteiger partial charge in [-0.25, -0.2) is 0 Å². The fraction of sp³-hybridized carbons (Fsp3) is 0.250. The first kappa shape index (κ1) is 14.7. The minimum Gasteiger partial charge on any atom is -0.454 e. The van der Waals surface area contributed by atoms with Crippen LogP contribution in [-0.2, 0) is 5.75 Å². The summed E-state index contributed by atoms with van der Waals surface area (Å²) in [6.07, 6.45) is 0. The highest BCUT2D eigenvalue weighted by Crippen LogP contribution is 2.38. The summed E-state index contributed by atoms with van der Waals surface area (Å²) >= 11 is 1.56. The van der Waals surface area contributed by atoms with Crippen molar-refractivity contribution in [1.29, 1.82) is 0 Å². The van der Waals surface area contributed by atoms with Gasteiger partial charge in [0.1, 0.15) is 0 Å². The average Bonchev–Trinajstić information content (AvgIpc) is 2.99. The van der Waals surface area contributed by atoms with E-state index in [0.717, 1.165) is 16.9 Å². The van der Waals surface area contributed by atoms with E-state index in [1.165, 1.54) is 0 Å². The standard InChI is InChI=1S/C16H15NO4S/c18-17(19)9-16(22-10-12-4-2-1-3-5-12)13-6-7-14-15(8-13)21-11-20-14/h1-8,16H,9-11H2/t16-/m0/s1. The number of thioether (sulfide) groups is 1. The molecule has 0 fully saturated rings. The Kier molecular flexibility index (Phi) is 4.48. The maximum Gasteiger partial charge on any atom is 0.231 e. The summed E-state index contributed by atoms with van der Waals surface area (Å²) in [4.78, 5) is 10.7. The molecule has 2 aromatic carbocycles. The van der Waals surface area contributed by atoms with Crippen LogP contribution >= 0.6 is 11.8 Å². The molecular weight excluding hydrogens is 302 g/mol. The van der Waals surface area contributed by atoms with Gasteiger partial charge >= 0.3 is 0 Å². The van der Waals surface area contributed by atoms with Gasteiger partial charge in [-0.05, 0) is 23.3 Å². The van der Waals surface area contributed by atoms with Crippen LogP contribution in [0.25, 0.3) is 0 Å². The molecule has 2 aromatic rings. The molecule has 22 heavy (non-hydrogen) atoms. The Morgan fingerprint density at radius 3 is 2.68 bits per heavy atom. The lowest BCUT2D eigenvalue weighted by Crippen LogP contribution is -2.10. The minimum absolute atomic E-state index is 0.114. The third-order valence-corrected chi connectivity index (χ3v) is 4.70. The zero-order valence-corrected chi connectivity index (χ0v) is 12.6. The Labute approximate surface area is 132 Å². The molecule has 1 heterocycles. The van der Waals surface area contributed by atoms with Crippen LogP contribution in [0, 0.1) is 10.1 Å². The molecule has 0 aromatic heterocycles. The highest BCUT2D eigenvalue weighted by atomic mass is 32.2. The fourth-order valence-corrected chi connectivity index (χ4v) is 3.43. The van der Waals surface area contributed by atoms with Gasteiger partial charge in [-0.15, -0.1) is 11.8 Å². The van der Waals surface area contributed by atoms with Gasteiger partial charge in [-0.3, -0.25) is 10.1 Å². The Balaban J connectivity index is 1.75. The number of hydrogen-bond donors (Lipinski definition) is 0. The van der Waals surface area contributed by atoms with E-state index in [0.29, 0.717) is 11.5 Å². The highest BCUT2D eigenvalue weighted by molar-refractivity contribution is 7.98. The summed E-state index contributed by atoms with van der Waals surface area (Å²) in [5.41, 5.74) is 2.04. The van der Waals surface area contributed by atoms with Gasteiger partial charge in [0.2, 0.25) is 13.3 Å². The lowest BCUT2D eigenvalue weighted by atomic mass is 10.1. The van der Waals surface area contributed by atoms with E-state index >= 15 is 0 Å². The molecule has 1 atom stereocenters. The van der Waals surface area contributed by atoms with Crippen LogP contribution in [-0.4, -0.2) is 18.3 Å². The number of rotatable bonds is 6. The SMILES string of the molecule is O=[N+]([O-])C[C@H](SCc1ccccc1)c1ccc2c(c1)OCO2. The second kappa shape index (κ2) is 6.70. The molecule has 0 spiro atoms. The van der Waals surface area contributed by atoms with E-state index in [9.17, 15) is 10.1 Å². The van der Waals surface area contributed by atoms with E-state index in [4.69, 9.17) is 9.47 Å². The predicted molar refractivity (Wildman–Crippen MR) is 84.9 cm³/mol. The second-order valence-electron chi connectivity index (χ2n) is 4.91. The first-order chi connectivity index (χ1) is 10.7. The summed E-state index contributed by atoms with van der Waals surface area (Å²) in [5, 5.41) is 10.7. The average molecular weight is 317 g/mol. The summed E-state index contributed by atoms with van der Waals surface area (Å²) in [6.45, 7) is 0.0903. The molecule has 0 saturated carbocycles. The molecule has 1 aliphatic rings. The predicted octanol–water partition coefficient (Wildman–Crippen LogP) is 3.67.